The van der Waals surface area contributed by atoms with Crippen LogP contribution < -0.4 is 11.5 Å². The highest BCUT2D eigenvalue weighted by Gasteiger charge is 2.18. The van der Waals surface area contributed by atoms with E-state index in [-0.39, 0.29) is 22.8 Å². The zero-order valence-corrected chi connectivity index (χ0v) is 10.4. The monoisotopic (exact) mass is 269 g/mol. The molecule has 0 saturated heterocycles. The summed E-state index contributed by atoms with van der Waals surface area (Å²) in [4.78, 5) is 3.80. The van der Waals surface area contributed by atoms with Crippen molar-refractivity contribution in [3.63, 3.8) is 0 Å². The summed E-state index contributed by atoms with van der Waals surface area (Å²) in [5.74, 6) is 0.00731. The summed E-state index contributed by atoms with van der Waals surface area (Å²) < 4.78 is 0. The van der Waals surface area contributed by atoms with Gasteiger partial charge >= 0.3 is 0 Å². The number of nitrogens with two attached hydrogens (primary N) is 2. The van der Waals surface area contributed by atoms with E-state index in [1.807, 2.05) is 12.1 Å². The van der Waals surface area contributed by atoms with Crippen LogP contribution in [0.1, 0.15) is 11.1 Å². The molecule has 0 radical (unpaired) electrons. The Hall–Kier alpha value is -2.76. The Morgan fingerprint density at radius 1 is 0.947 bits per heavy atom. The van der Waals surface area contributed by atoms with Crippen molar-refractivity contribution in [3.05, 3.63) is 40.4 Å². The Morgan fingerprint density at radius 3 is 1.84 bits per heavy atom. The lowest BCUT2D eigenvalue weighted by Gasteiger charge is -2.10. The molecule has 0 aliphatic heterocycles. The van der Waals surface area contributed by atoms with E-state index in [9.17, 15) is 10.5 Å². The fraction of sp³-hybridized carbons (Fsp3) is 0. The normalized spacial score (nSPS) is 9.63. The molecule has 2 rings (SSSR count). The highest BCUT2D eigenvalue weighted by atomic mass is 35.5. The van der Waals surface area contributed by atoms with Gasteiger partial charge in [0.15, 0.2) is 0 Å². The van der Waals surface area contributed by atoms with Gasteiger partial charge in [-0.1, -0.05) is 23.7 Å². The van der Waals surface area contributed by atoms with Gasteiger partial charge in [-0.3, -0.25) is 0 Å². The molecule has 5 nitrogen and oxygen atoms in total. The molecule has 0 saturated carbocycles. The standard InChI is InChI=1S/C13H8ClN5/c14-8-3-1-7(2-4-8)11-9(5-15)12(17)19-13(18)10(11)6-16/h1-4H,(H4,17,18,19). The molecular weight excluding hydrogens is 262 g/mol. The van der Waals surface area contributed by atoms with Gasteiger partial charge in [0.25, 0.3) is 0 Å². The van der Waals surface area contributed by atoms with Crippen molar-refractivity contribution in [1.82, 2.24) is 4.98 Å². The number of hydrogen-bond acceptors (Lipinski definition) is 5. The van der Waals surface area contributed by atoms with Crippen molar-refractivity contribution < 1.29 is 0 Å². The molecule has 0 aliphatic rings. The van der Waals surface area contributed by atoms with Crippen molar-refractivity contribution in [2.24, 2.45) is 0 Å². The Morgan fingerprint density at radius 2 is 1.42 bits per heavy atom. The summed E-state index contributed by atoms with van der Waals surface area (Å²) in [7, 11) is 0. The highest BCUT2D eigenvalue weighted by molar-refractivity contribution is 6.30. The van der Waals surface area contributed by atoms with E-state index in [1.165, 1.54) is 0 Å². The third kappa shape index (κ3) is 2.15. The molecule has 0 unspecified atom stereocenters. The number of nitrogens with zero attached hydrogens (tertiary/aromatic N) is 3. The Bertz CT molecular complexity index is 684. The minimum Gasteiger partial charge on any atom is -0.383 e. The van der Waals surface area contributed by atoms with Crippen LogP contribution in [0.15, 0.2) is 24.3 Å². The average Bonchev–Trinajstić information content (AvgIpc) is 2.39. The van der Waals surface area contributed by atoms with Crippen molar-refractivity contribution in [2.45, 2.75) is 0 Å². The van der Waals surface area contributed by atoms with E-state index < -0.39 is 0 Å². The molecule has 1 aromatic heterocycles. The number of pyridine rings is 1. The molecule has 0 atom stereocenters. The SMILES string of the molecule is N#Cc1c(N)nc(N)c(C#N)c1-c1ccc(Cl)cc1. The van der Waals surface area contributed by atoms with Crippen LogP contribution in [0, 0.1) is 22.7 Å². The second kappa shape index (κ2) is 4.85. The lowest BCUT2D eigenvalue weighted by Crippen LogP contribution is -2.05. The molecule has 0 fully saturated rings. The first-order valence-corrected chi connectivity index (χ1v) is 5.61. The molecule has 1 aromatic carbocycles. The zero-order valence-electron chi connectivity index (χ0n) is 9.68. The number of nitriles is 2. The fourth-order valence-corrected chi connectivity index (χ4v) is 1.88. The first-order valence-electron chi connectivity index (χ1n) is 5.23. The van der Waals surface area contributed by atoms with Crippen molar-refractivity contribution in [1.29, 1.82) is 10.5 Å². The van der Waals surface area contributed by atoms with Crippen LogP contribution in [0.3, 0.4) is 0 Å². The van der Waals surface area contributed by atoms with Crippen LogP contribution in [0.5, 0.6) is 0 Å². The van der Waals surface area contributed by atoms with Gasteiger partial charge in [-0.25, -0.2) is 4.98 Å². The minimum atomic E-state index is 0.00366. The molecule has 2 aromatic rings. The number of benzene rings is 1. The predicted molar refractivity (Wildman–Crippen MR) is 72.9 cm³/mol. The summed E-state index contributed by atoms with van der Waals surface area (Å²) in [6.07, 6.45) is 0. The van der Waals surface area contributed by atoms with E-state index in [0.717, 1.165) is 0 Å². The quantitative estimate of drug-likeness (QED) is 0.825. The maximum absolute atomic E-state index is 9.18. The Labute approximate surface area is 114 Å². The summed E-state index contributed by atoms with van der Waals surface area (Å²) in [6, 6.07) is 10.6. The van der Waals surface area contributed by atoms with Crippen LogP contribution in [0.4, 0.5) is 11.6 Å². The van der Waals surface area contributed by atoms with Gasteiger partial charge in [0.05, 0.1) is 0 Å². The van der Waals surface area contributed by atoms with E-state index >= 15 is 0 Å². The van der Waals surface area contributed by atoms with Gasteiger partial charge in [-0.15, -0.1) is 0 Å². The lowest BCUT2D eigenvalue weighted by molar-refractivity contribution is 1.29. The first kappa shape index (κ1) is 12.7. The second-order valence-electron chi connectivity index (χ2n) is 3.74. The van der Waals surface area contributed by atoms with Gasteiger partial charge in [0.1, 0.15) is 34.9 Å². The van der Waals surface area contributed by atoms with Crippen LogP contribution in [0.25, 0.3) is 11.1 Å². The summed E-state index contributed by atoms with van der Waals surface area (Å²) in [5.41, 5.74) is 12.6. The highest BCUT2D eigenvalue weighted by Crippen LogP contribution is 2.33. The van der Waals surface area contributed by atoms with E-state index in [4.69, 9.17) is 23.1 Å². The number of hydrogen-bond donors (Lipinski definition) is 2. The first-order chi connectivity index (χ1) is 9.08. The predicted octanol–water partition coefficient (Wildman–Crippen LogP) is 2.31. The lowest BCUT2D eigenvalue weighted by atomic mass is 9.96. The third-order valence-electron chi connectivity index (χ3n) is 2.61. The van der Waals surface area contributed by atoms with Gasteiger partial charge in [-0.05, 0) is 17.7 Å². The molecule has 0 bridgehead atoms. The van der Waals surface area contributed by atoms with Crippen LogP contribution in [-0.2, 0) is 0 Å². The van der Waals surface area contributed by atoms with Crippen LogP contribution in [0.2, 0.25) is 5.02 Å². The maximum atomic E-state index is 9.18. The molecule has 92 valence electrons. The smallest absolute Gasteiger partial charge is 0.144 e. The maximum Gasteiger partial charge on any atom is 0.144 e. The molecule has 1 heterocycles. The Kier molecular flexibility index (Phi) is 3.24. The second-order valence-corrected chi connectivity index (χ2v) is 4.17. The number of anilines is 2. The summed E-state index contributed by atoms with van der Waals surface area (Å²) >= 11 is 5.82. The number of halogens is 1. The number of aromatic nitrogens is 1. The van der Waals surface area contributed by atoms with Gasteiger partial charge in [0.2, 0.25) is 0 Å². The Balaban J connectivity index is 2.85. The fourth-order valence-electron chi connectivity index (χ4n) is 1.75. The van der Waals surface area contributed by atoms with Crippen LogP contribution in [-0.4, -0.2) is 4.98 Å². The van der Waals surface area contributed by atoms with Crippen molar-refractivity contribution in [2.75, 3.05) is 11.5 Å². The average molecular weight is 270 g/mol. The zero-order chi connectivity index (χ0) is 14.0. The van der Waals surface area contributed by atoms with Gasteiger partial charge < -0.3 is 11.5 Å². The van der Waals surface area contributed by atoms with Gasteiger partial charge in [0, 0.05) is 10.6 Å². The minimum absolute atomic E-state index is 0.00366. The molecule has 4 N–H and O–H groups in total. The van der Waals surface area contributed by atoms with E-state index in [2.05, 4.69) is 4.98 Å². The van der Waals surface area contributed by atoms with E-state index in [0.29, 0.717) is 16.1 Å². The number of nitrogen functional groups attached to an aromatic ring is 2. The molecule has 19 heavy (non-hydrogen) atoms. The molecular formula is C13H8ClN5. The topological polar surface area (TPSA) is 113 Å². The van der Waals surface area contributed by atoms with Gasteiger partial charge in [-0.2, -0.15) is 10.5 Å². The van der Waals surface area contributed by atoms with Crippen LogP contribution >= 0.6 is 11.6 Å². The third-order valence-corrected chi connectivity index (χ3v) is 2.86. The molecule has 6 heteroatoms. The van der Waals surface area contributed by atoms with E-state index in [1.54, 1.807) is 24.3 Å². The molecule has 0 spiro atoms. The number of rotatable bonds is 1. The van der Waals surface area contributed by atoms with Crippen molar-refractivity contribution in [3.8, 4) is 23.3 Å². The molecule has 0 amide bonds. The molecule has 0 aliphatic carbocycles. The summed E-state index contributed by atoms with van der Waals surface area (Å²) in [6.45, 7) is 0. The largest absolute Gasteiger partial charge is 0.383 e. The summed E-state index contributed by atoms with van der Waals surface area (Å²) in [5, 5.41) is 18.9. The van der Waals surface area contributed by atoms with Crippen molar-refractivity contribution >= 4 is 23.2 Å².